The van der Waals surface area contributed by atoms with Crippen molar-refractivity contribution in [3.63, 3.8) is 0 Å². The maximum atomic E-state index is 12.6. The molecule has 3 rings (SSSR count). The van der Waals surface area contributed by atoms with Crippen LogP contribution in [0.25, 0.3) is 10.1 Å². The van der Waals surface area contributed by atoms with Gasteiger partial charge in [-0.05, 0) is 38.3 Å². The van der Waals surface area contributed by atoms with Crippen LogP contribution in [0.2, 0.25) is 0 Å². The van der Waals surface area contributed by atoms with Crippen LogP contribution < -0.4 is 11.1 Å². The molecule has 1 atom stereocenters. The van der Waals surface area contributed by atoms with Crippen LogP contribution in [0.4, 0.5) is 5.69 Å². The third kappa shape index (κ3) is 2.76. The van der Waals surface area contributed by atoms with Crippen molar-refractivity contribution >= 4 is 33.0 Å². The first-order valence-electron chi connectivity index (χ1n) is 7.17. The number of ether oxygens (including phenoxy) is 1. The number of nitrogen functional groups attached to an aromatic ring is 1. The third-order valence-electron chi connectivity index (χ3n) is 3.94. The van der Waals surface area contributed by atoms with E-state index in [0.29, 0.717) is 17.2 Å². The molecule has 112 valence electrons. The molecule has 3 N–H and O–H groups in total. The molecule has 1 amide bonds. The Morgan fingerprint density at radius 1 is 1.48 bits per heavy atom. The van der Waals surface area contributed by atoms with Crippen LogP contribution in [0, 0.1) is 6.92 Å². The lowest BCUT2D eigenvalue weighted by Gasteiger charge is -2.34. The molecule has 1 aromatic heterocycles. The van der Waals surface area contributed by atoms with Crippen LogP contribution in [-0.4, -0.2) is 24.7 Å². The SMILES string of the molecule is Cc1ccc2c(N)c(C(=O)NC3(C)CCCOC3)sc2c1. The van der Waals surface area contributed by atoms with E-state index in [1.54, 1.807) is 0 Å². The number of fused-ring (bicyclic) bond motifs is 1. The molecule has 4 nitrogen and oxygen atoms in total. The highest BCUT2D eigenvalue weighted by Gasteiger charge is 2.30. The quantitative estimate of drug-likeness (QED) is 0.896. The second kappa shape index (κ2) is 5.31. The van der Waals surface area contributed by atoms with E-state index in [0.717, 1.165) is 29.5 Å². The van der Waals surface area contributed by atoms with Gasteiger partial charge in [0.05, 0.1) is 17.8 Å². The van der Waals surface area contributed by atoms with Gasteiger partial charge in [0.2, 0.25) is 0 Å². The molecule has 2 heterocycles. The molecule has 0 aliphatic carbocycles. The fourth-order valence-corrected chi connectivity index (χ4v) is 3.87. The van der Waals surface area contributed by atoms with E-state index >= 15 is 0 Å². The number of hydrogen-bond acceptors (Lipinski definition) is 4. The molecule has 1 aliphatic rings. The summed E-state index contributed by atoms with van der Waals surface area (Å²) in [5, 5.41) is 4.05. The monoisotopic (exact) mass is 304 g/mol. The highest BCUT2D eigenvalue weighted by molar-refractivity contribution is 7.21. The molecule has 1 unspecified atom stereocenters. The Labute approximate surface area is 128 Å². The number of nitrogens with two attached hydrogens (primary N) is 1. The Hall–Kier alpha value is -1.59. The van der Waals surface area contributed by atoms with E-state index < -0.39 is 0 Å². The Morgan fingerprint density at radius 3 is 3.00 bits per heavy atom. The fraction of sp³-hybridized carbons (Fsp3) is 0.438. The number of anilines is 1. The van der Waals surface area contributed by atoms with E-state index in [4.69, 9.17) is 10.5 Å². The number of carbonyl (C=O) groups excluding carboxylic acids is 1. The molecule has 1 aliphatic heterocycles. The van der Waals surface area contributed by atoms with Crippen LogP contribution in [0.1, 0.15) is 35.0 Å². The highest BCUT2D eigenvalue weighted by Crippen LogP contribution is 2.34. The summed E-state index contributed by atoms with van der Waals surface area (Å²) in [4.78, 5) is 13.2. The van der Waals surface area contributed by atoms with Crippen LogP contribution in [-0.2, 0) is 4.74 Å². The Morgan fingerprint density at radius 2 is 2.29 bits per heavy atom. The van der Waals surface area contributed by atoms with Crippen molar-refractivity contribution in [2.24, 2.45) is 0 Å². The zero-order chi connectivity index (χ0) is 15.0. The molecule has 0 spiro atoms. The van der Waals surface area contributed by atoms with Crippen LogP contribution in [0.15, 0.2) is 18.2 Å². The van der Waals surface area contributed by atoms with Crippen LogP contribution in [0.5, 0.6) is 0 Å². The summed E-state index contributed by atoms with van der Waals surface area (Å²) >= 11 is 1.46. The van der Waals surface area contributed by atoms with Gasteiger partial charge in [-0.2, -0.15) is 0 Å². The second-order valence-corrected chi connectivity index (χ2v) is 7.07. The normalized spacial score (nSPS) is 22.4. The zero-order valence-corrected chi connectivity index (χ0v) is 13.2. The number of benzene rings is 1. The topological polar surface area (TPSA) is 64.4 Å². The molecule has 5 heteroatoms. The predicted molar refractivity (Wildman–Crippen MR) is 86.9 cm³/mol. The average Bonchev–Trinajstić information content (AvgIpc) is 2.76. The maximum Gasteiger partial charge on any atom is 0.264 e. The van der Waals surface area contributed by atoms with Gasteiger partial charge in [-0.3, -0.25) is 4.79 Å². The van der Waals surface area contributed by atoms with Gasteiger partial charge in [-0.1, -0.05) is 12.1 Å². The first-order chi connectivity index (χ1) is 9.98. The van der Waals surface area contributed by atoms with E-state index in [9.17, 15) is 4.79 Å². The minimum atomic E-state index is -0.298. The van der Waals surface area contributed by atoms with Gasteiger partial charge in [0.1, 0.15) is 4.88 Å². The Kier molecular flexibility index (Phi) is 3.63. The lowest BCUT2D eigenvalue weighted by Crippen LogP contribution is -2.51. The van der Waals surface area contributed by atoms with Gasteiger partial charge in [0.25, 0.3) is 5.91 Å². The first kappa shape index (κ1) is 14.4. The van der Waals surface area contributed by atoms with Crippen molar-refractivity contribution in [2.75, 3.05) is 18.9 Å². The van der Waals surface area contributed by atoms with Gasteiger partial charge in [-0.25, -0.2) is 0 Å². The number of hydrogen-bond donors (Lipinski definition) is 2. The van der Waals surface area contributed by atoms with Crippen molar-refractivity contribution in [1.82, 2.24) is 5.32 Å². The van der Waals surface area contributed by atoms with E-state index in [1.165, 1.54) is 16.9 Å². The van der Waals surface area contributed by atoms with Gasteiger partial charge in [-0.15, -0.1) is 11.3 Å². The number of aryl methyl sites for hydroxylation is 1. The highest BCUT2D eigenvalue weighted by atomic mass is 32.1. The number of thiophene rings is 1. The standard InChI is InChI=1S/C16H20N2O2S/c1-10-4-5-11-12(8-10)21-14(13(11)17)15(19)18-16(2)6-3-7-20-9-16/h4-5,8H,3,6-7,9,17H2,1-2H3,(H,18,19). The summed E-state index contributed by atoms with van der Waals surface area (Å²) in [6, 6.07) is 6.07. The molecular formula is C16H20N2O2S. The van der Waals surface area contributed by atoms with Crippen molar-refractivity contribution in [3.8, 4) is 0 Å². The molecular weight excluding hydrogens is 284 g/mol. The van der Waals surface area contributed by atoms with Gasteiger partial charge in [0.15, 0.2) is 0 Å². The molecule has 1 aromatic carbocycles. The van der Waals surface area contributed by atoms with Gasteiger partial charge in [0, 0.05) is 16.7 Å². The summed E-state index contributed by atoms with van der Waals surface area (Å²) in [5.74, 6) is -0.0978. The molecule has 0 bridgehead atoms. The average molecular weight is 304 g/mol. The minimum Gasteiger partial charge on any atom is -0.397 e. The van der Waals surface area contributed by atoms with Crippen LogP contribution in [0.3, 0.4) is 0 Å². The van der Waals surface area contributed by atoms with E-state index in [1.807, 2.05) is 26.0 Å². The van der Waals surface area contributed by atoms with E-state index in [2.05, 4.69) is 11.4 Å². The van der Waals surface area contributed by atoms with Crippen molar-refractivity contribution < 1.29 is 9.53 Å². The smallest absolute Gasteiger partial charge is 0.264 e. The molecule has 1 saturated heterocycles. The molecule has 2 aromatic rings. The summed E-state index contributed by atoms with van der Waals surface area (Å²) in [6.07, 6.45) is 1.90. The largest absolute Gasteiger partial charge is 0.397 e. The van der Waals surface area contributed by atoms with Crippen molar-refractivity contribution in [3.05, 3.63) is 28.6 Å². The molecule has 1 fully saturated rings. The number of carbonyl (C=O) groups is 1. The van der Waals surface area contributed by atoms with Crippen LogP contribution >= 0.6 is 11.3 Å². The van der Waals surface area contributed by atoms with E-state index in [-0.39, 0.29) is 11.4 Å². The van der Waals surface area contributed by atoms with Crippen molar-refractivity contribution in [2.45, 2.75) is 32.2 Å². The Balaban J connectivity index is 1.89. The molecule has 21 heavy (non-hydrogen) atoms. The lowest BCUT2D eigenvalue weighted by atomic mass is 9.95. The summed E-state index contributed by atoms with van der Waals surface area (Å²) < 4.78 is 6.54. The predicted octanol–water partition coefficient (Wildman–Crippen LogP) is 3.09. The lowest BCUT2D eigenvalue weighted by molar-refractivity contribution is 0.0274. The second-order valence-electron chi connectivity index (χ2n) is 6.02. The first-order valence-corrected chi connectivity index (χ1v) is 7.99. The summed E-state index contributed by atoms with van der Waals surface area (Å²) in [6.45, 7) is 5.39. The number of nitrogens with one attached hydrogen (secondary N) is 1. The van der Waals surface area contributed by atoms with Gasteiger partial charge >= 0.3 is 0 Å². The maximum absolute atomic E-state index is 12.6. The van der Waals surface area contributed by atoms with Crippen molar-refractivity contribution in [1.29, 1.82) is 0 Å². The zero-order valence-electron chi connectivity index (χ0n) is 12.4. The Bertz CT molecular complexity index is 687. The number of amides is 1. The number of rotatable bonds is 2. The summed E-state index contributed by atoms with van der Waals surface area (Å²) in [7, 11) is 0. The molecule has 0 saturated carbocycles. The fourth-order valence-electron chi connectivity index (χ4n) is 2.76. The minimum absolute atomic E-state index is 0.0978. The van der Waals surface area contributed by atoms with Gasteiger partial charge < -0.3 is 15.8 Å². The third-order valence-corrected chi connectivity index (χ3v) is 5.11. The molecule has 0 radical (unpaired) electrons. The summed E-state index contributed by atoms with van der Waals surface area (Å²) in [5.41, 5.74) is 7.61.